The van der Waals surface area contributed by atoms with Crippen molar-refractivity contribution in [2.75, 3.05) is 0 Å². The van der Waals surface area contributed by atoms with Gasteiger partial charge in [0.15, 0.2) is 5.78 Å². The van der Waals surface area contributed by atoms with Crippen LogP contribution in [0.15, 0.2) is 84.9 Å². The first-order chi connectivity index (χ1) is 14.3. The summed E-state index contributed by atoms with van der Waals surface area (Å²) >= 11 is 0. The maximum atomic E-state index is 13.4. The van der Waals surface area contributed by atoms with E-state index in [1.54, 1.807) is 0 Å². The van der Waals surface area contributed by atoms with Gasteiger partial charge in [0.2, 0.25) is 0 Å². The molecule has 0 spiro atoms. The SMILES string of the molecule is O=C(c1ccc(-c2ccccc2)cc1)[C@H]1[C@H](c2ccccc2)N1C1CCCCC1. The van der Waals surface area contributed by atoms with Gasteiger partial charge in [0.05, 0.1) is 12.1 Å². The predicted octanol–water partition coefficient (Wildman–Crippen LogP) is 6.29. The molecule has 146 valence electrons. The third-order valence-corrected chi connectivity index (χ3v) is 6.53. The van der Waals surface area contributed by atoms with E-state index in [9.17, 15) is 4.79 Å². The fraction of sp³-hybridized carbons (Fsp3) is 0.296. The maximum Gasteiger partial charge on any atom is 0.181 e. The molecule has 1 unspecified atom stereocenters. The molecule has 1 saturated heterocycles. The summed E-state index contributed by atoms with van der Waals surface area (Å²) in [6.45, 7) is 0. The number of ketones is 1. The van der Waals surface area contributed by atoms with E-state index < -0.39 is 0 Å². The summed E-state index contributed by atoms with van der Waals surface area (Å²) in [5.74, 6) is 0.268. The number of carbonyl (C=O) groups is 1. The highest BCUT2D eigenvalue weighted by Gasteiger charge is 2.55. The summed E-state index contributed by atoms with van der Waals surface area (Å²) < 4.78 is 0. The quantitative estimate of drug-likeness (QED) is 0.382. The molecule has 2 aliphatic rings. The Morgan fingerprint density at radius 3 is 1.93 bits per heavy atom. The van der Waals surface area contributed by atoms with E-state index in [4.69, 9.17) is 0 Å². The number of Topliss-reactive ketones (excluding diaryl/α,β-unsaturated/α-hetero) is 1. The summed E-state index contributed by atoms with van der Waals surface area (Å²) in [5, 5.41) is 0. The van der Waals surface area contributed by atoms with Gasteiger partial charge < -0.3 is 0 Å². The number of carbonyl (C=O) groups excluding carboxylic acids is 1. The summed E-state index contributed by atoms with van der Waals surface area (Å²) in [6, 6.07) is 29.8. The number of benzene rings is 3. The van der Waals surface area contributed by atoms with Crippen molar-refractivity contribution >= 4 is 5.78 Å². The molecular formula is C27H27NO. The Morgan fingerprint density at radius 1 is 0.690 bits per heavy atom. The highest BCUT2D eigenvalue weighted by Crippen LogP contribution is 2.49. The van der Waals surface area contributed by atoms with Crippen LogP contribution in [0.1, 0.15) is 54.1 Å². The van der Waals surface area contributed by atoms with Gasteiger partial charge >= 0.3 is 0 Å². The van der Waals surface area contributed by atoms with Gasteiger partial charge in [-0.25, -0.2) is 0 Å². The molecule has 2 nitrogen and oxygen atoms in total. The van der Waals surface area contributed by atoms with Gasteiger partial charge in [0, 0.05) is 11.6 Å². The summed E-state index contributed by atoms with van der Waals surface area (Å²) in [7, 11) is 0. The average molecular weight is 382 g/mol. The first-order valence-electron chi connectivity index (χ1n) is 10.8. The minimum absolute atomic E-state index is 0.0110. The Hall–Kier alpha value is -2.71. The standard InChI is InChI=1S/C27H27NO/c29-27(23-18-16-21(17-19-23)20-10-4-1-5-11-20)26-25(22-12-6-2-7-13-22)28(26)24-14-8-3-9-15-24/h1-2,4-7,10-13,16-19,24-26H,3,8-9,14-15H2/t25-,26+,28?/m0/s1. The van der Waals surface area contributed by atoms with Crippen molar-refractivity contribution in [2.24, 2.45) is 0 Å². The second-order valence-corrected chi connectivity index (χ2v) is 8.35. The van der Waals surface area contributed by atoms with Crippen LogP contribution in [0, 0.1) is 0 Å². The van der Waals surface area contributed by atoms with Crippen LogP contribution in [0.4, 0.5) is 0 Å². The first-order valence-corrected chi connectivity index (χ1v) is 10.8. The molecule has 2 fully saturated rings. The van der Waals surface area contributed by atoms with Gasteiger partial charge in [-0.2, -0.15) is 0 Å². The van der Waals surface area contributed by atoms with Gasteiger partial charge in [-0.1, -0.05) is 104 Å². The summed E-state index contributed by atoms with van der Waals surface area (Å²) in [6.07, 6.45) is 6.35. The van der Waals surface area contributed by atoms with Crippen molar-refractivity contribution in [3.8, 4) is 11.1 Å². The molecule has 3 atom stereocenters. The van der Waals surface area contributed by atoms with E-state index in [1.165, 1.54) is 43.2 Å². The maximum absolute atomic E-state index is 13.4. The Bertz CT molecular complexity index is 958. The van der Waals surface area contributed by atoms with E-state index in [0.29, 0.717) is 6.04 Å². The predicted molar refractivity (Wildman–Crippen MR) is 118 cm³/mol. The van der Waals surface area contributed by atoms with E-state index in [2.05, 4.69) is 59.5 Å². The average Bonchev–Trinajstić information content (AvgIpc) is 3.56. The molecule has 29 heavy (non-hydrogen) atoms. The van der Waals surface area contributed by atoms with Gasteiger partial charge in [-0.05, 0) is 29.5 Å². The number of hydrogen-bond acceptors (Lipinski definition) is 2. The Balaban J connectivity index is 1.39. The lowest BCUT2D eigenvalue weighted by Crippen LogP contribution is -2.26. The van der Waals surface area contributed by atoms with E-state index in [1.807, 2.05) is 30.3 Å². The summed E-state index contributed by atoms with van der Waals surface area (Å²) in [4.78, 5) is 15.9. The molecule has 3 aromatic rings. The van der Waals surface area contributed by atoms with Crippen LogP contribution in [0.3, 0.4) is 0 Å². The van der Waals surface area contributed by atoms with Crippen molar-refractivity contribution in [3.05, 3.63) is 96.1 Å². The monoisotopic (exact) mass is 381 g/mol. The molecule has 0 N–H and O–H groups in total. The summed E-state index contributed by atoms with van der Waals surface area (Å²) in [5.41, 5.74) is 4.44. The molecule has 0 amide bonds. The van der Waals surface area contributed by atoms with Crippen molar-refractivity contribution < 1.29 is 4.79 Å². The van der Waals surface area contributed by atoms with E-state index >= 15 is 0 Å². The van der Waals surface area contributed by atoms with Gasteiger partial charge in [0.25, 0.3) is 0 Å². The Labute approximate surface area is 173 Å². The smallest absolute Gasteiger partial charge is 0.181 e. The highest BCUT2D eigenvalue weighted by molar-refractivity contribution is 6.03. The van der Waals surface area contributed by atoms with Crippen LogP contribution in [0.2, 0.25) is 0 Å². The molecule has 2 heteroatoms. The molecule has 1 heterocycles. The largest absolute Gasteiger partial charge is 0.292 e. The lowest BCUT2D eigenvalue weighted by atomic mass is 9.95. The highest BCUT2D eigenvalue weighted by atomic mass is 16.1. The van der Waals surface area contributed by atoms with E-state index in [-0.39, 0.29) is 17.9 Å². The molecule has 0 bridgehead atoms. The van der Waals surface area contributed by atoms with Crippen molar-refractivity contribution in [2.45, 2.75) is 50.2 Å². The Morgan fingerprint density at radius 2 is 1.28 bits per heavy atom. The van der Waals surface area contributed by atoms with Crippen LogP contribution in [-0.2, 0) is 0 Å². The normalized spacial score (nSPS) is 24.2. The molecule has 3 aromatic carbocycles. The fourth-order valence-electron chi connectivity index (χ4n) is 4.99. The zero-order valence-electron chi connectivity index (χ0n) is 16.7. The first kappa shape index (κ1) is 18.3. The molecular weight excluding hydrogens is 354 g/mol. The lowest BCUT2D eigenvalue weighted by molar-refractivity contribution is 0.0963. The number of rotatable bonds is 5. The van der Waals surface area contributed by atoms with Crippen molar-refractivity contribution in [1.82, 2.24) is 4.90 Å². The zero-order chi connectivity index (χ0) is 19.6. The van der Waals surface area contributed by atoms with Crippen LogP contribution in [0.25, 0.3) is 11.1 Å². The van der Waals surface area contributed by atoms with Crippen LogP contribution in [0.5, 0.6) is 0 Å². The molecule has 1 aliphatic heterocycles. The zero-order valence-corrected chi connectivity index (χ0v) is 16.7. The second-order valence-electron chi connectivity index (χ2n) is 8.35. The van der Waals surface area contributed by atoms with Crippen molar-refractivity contribution in [1.29, 1.82) is 0 Å². The molecule has 1 aliphatic carbocycles. The second kappa shape index (κ2) is 7.96. The van der Waals surface area contributed by atoms with Gasteiger partial charge in [-0.3, -0.25) is 9.69 Å². The third kappa shape index (κ3) is 3.65. The number of nitrogens with zero attached hydrogens (tertiary/aromatic N) is 1. The van der Waals surface area contributed by atoms with Gasteiger partial charge in [0.1, 0.15) is 0 Å². The third-order valence-electron chi connectivity index (χ3n) is 6.53. The van der Waals surface area contributed by atoms with Crippen molar-refractivity contribution in [3.63, 3.8) is 0 Å². The molecule has 5 rings (SSSR count). The molecule has 1 saturated carbocycles. The van der Waals surface area contributed by atoms with Gasteiger partial charge in [-0.15, -0.1) is 0 Å². The van der Waals surface area contributed by atoms with Crippen LogP contribution in [-0.4, -0.2) is 22.8 Å². The minimum atomic E-state index is -0.0110. The fourth-order valence-corrected chi connectivity index (χ4v) is 4.99. The molecule has 0 aromatic heterocycles. The van der Waals surface area contributed by atoms with Crippen LogP contribution < -0.4 is 0 Å². The van der Waals surface area contributed by atoms with E-state index in [0.717, 1.165) is 11.1 Å². The van der Waals surface area contributed by atoms with Crippen LogP contribution >= 0.6 is 0 Å². The minimum Gasteiger partial charge on any atom is -0.292 e. The lowest BCUT2D eigenvalue weighted by Gasteiger charge is -2.24. The molecule has 0 radical (unpaired) electrons. The number of hydrogen-bond donors (Lipinski definition) is 0. The Kier molecular flexibility index (Phi) is 5.03. The topological polar surface area (TPSA) is 20.1 Å².